The maximum absolute atomic E-state index is 13.1. The molecule has 0 spiro atoms. The molecule has 0 aliphatic carbocycles. The zero-order chi connectivity index (χ0) is 20.2. The summed E-state index contributed by atoms with van der Waals surface area (Å²) in [6.07, 6.45) is 3.38. The van der Waals surface area contributed by atoms with Crippen LogP contribution in [0, 0.1) is 12.7 Å². The predicted octanol–water partition coefficient (Wildman–Crippen LogP) is 2.62. The van der Waals surface area contributed by atoms with Gasteiger partial charge in [0.15, 0.2) is 5.01 Å². The number of rotatable bonds is 6. The quantitative estimate of drug-likeness (QED) is 0.526. The van der Waals surface area contributed by atoms with Crippen LogP contribution in [0.3, 0.4) is 0 Å². The Morgan fingerprint density at radius 1 is 1.21 bits per heavy atom. The van der Waals surface area contributed by atoms with Crippen molar-refractivity contribution in [1.29, 1.82) is 0 Å². The van der Waals surface area contributed by atoms with Crippen molar-refractivity contribution in [3.05, 3.63) is 76.3 Å². The van der Waals surface area contributed by atoms with Gasteiger partial charge in [0.05, 0.1) is 12.2 Å². The van der Waals surface area contributed by atoms with E-state index in [9.17, 15) is 9.18 Å². The molecule has 0 fully saturated rings. The highest BCUT2D eigenvalue weighted by Crippen LogP contribution is 2.26. The zero-order valence-corrected chi connectivity index (χ0v) is 16.2. The number of carbonyl (C=O) groups is 1. The molecule has 0 saturated heterocycles. The van der Waals surface area contributed by atoms with Gasteiger partial charge in [-0.15, -0.1) is 16.4 Å². The standard InChI is InChI=1S/C19H16FN7OS/c1-12-16(18(28)22-10-14-3-2-8-21-9-14)29-19(23-12)17-24-25-26-27(17)11-13-4-6-15(20)7-5-13/h2-9H,10-11H2,1H3,(H,22,28). The Morgan fingerprint density at radius 3 is 2.79 bits per heavy atom. The lowest BCUT2D eigenvalue weighted by Gasteiger charge is -2.03. The lowest BCUT2D eigenvalue weighted by Crippen LogP contribution is -2.22. The molecule has 1 aromatic carbocycles. The highest BCUT2D eigenvalue weighted by Gasteiger charge is 2.20. The van der Waals surface area contributed by atoms with Crippen LogP contribution >= 0.6 is 11.3 Å². The first-order valence-corrected chi connectivity index (χ1v) is 9.57. The number of nitrogens with zero attached hydrogens (tertiary/aromatic N) is 6. The van der Waals surface area contributed by atoms with Gasteiger partial charge in [-0.1, -0.05) is 18.2 Å². The van der Waals surface area contributed by atoms with Crippen molar-refractivity contribution in [2.75, 3.05) is 0 Å². The van der Waals surface area contributed by atoms with E-state index in [0.717, 1.165) is 11.1 Å². The smallest absolute Gasteiger partial charge is 0.263 e. The molecule has 0 radical (unpaired) electrons. The summed E-state index contributed by atoms with van der Waals surface area (Å²) in [6.45, 7) is 2.51. The monoisotopic (exact) mass is 409 g/mol. The Morgan fingerprint density at radius 2 is 2.03 bits per heavy atom. The summed E-state index contributed by atoms with van der Waals surface area (Å²) in [6, 6.07) is 9.83. The molecule has 1 amide bonds. The van der Waals surface area contributed by atoms with E-state index in [1.54, 1.807) is 36.1 Å². The SMILES string of the molecule is Cc1nc(-c2nnnn2Cc2ccc(F)cc2)sc1C(=O)NCc1cccnc1. The lowest BCUT2D eigenvalue weighted by molar-refractivity contribution is 0.0954. The van der Waals surface area contributed by atoms with E-state index in [1.165, 1.54) is 23.5 Å². The number of carbonyl (C=O) groups excluding carboxylic acids is 1. The maximum atomic E-state index is 13.1. The van der Waals surface area contributed by atoms with Gasteiger partial charge in [0, 0.05) is 18.9 Å². The summed E-state index contributed by atoms with van der Waals surface area (Å²) < 4.78 is 14.7. The first kappa shape index (κ1) is 18.8. The second-order valence-electron chi connectivity index (χ2n) is 6.26. The Bertz CT molecular complexity index is 1130. The molecule has 0 bridgehead atoms. The van der Waals surface area contributed by atoms with E-state index in [4.69, 9.17) is 0 Å². The second kappa shape index (κ2) is 8.23. The van der Waals surface area contributed by atoms with Gasteiger partial charge < -0.3 is 5.32 Å². The summed E-state index contributed by atoms with van der Waals surface area (Å²) in [4.78, 5) is 21.6. The molecule has 146 valence electrons. The van der Waals surface area contributed by atoms with Crippen LogP contribution in [0.2, 0.25) is 0 Å². The number of halogens is 1. The van der Waals surface area contributed by atoms with Crippen molar-refractivity contribution in [1.82, 2.24) is 35.5 Å². The fourth-order valence-corrected chi connectivity index (χ4v) is 3.67. The van der Waals surface area contributed by atoms with Gasteiger partial charge in [0.1, 0.15) is 10.7 Å². The van der Waals surface area contributed by atoms with E-state index in [2.05, 4.69) is 30.8 Å². The molecule has 3 aromatic heterocycles. The molecule has 0 aliphatic rings. The topological polar surface area (TPSA) is 98.5 Å². The van der Waals surface area contributed by atoms with Crippen molar-refractivity contribution in [3.8, 4) is 10.8 Å². The molecule has 0 saturated carbocycles. The lowest BCUT2D eigenvalue weighted by atomic mass is 10.2. The third kappa shape index (κ3) is 4.32. The predicted molar refractivity (Wildman–Crippen MR) is 105 cm³/mol. The number of thiazole rings is 1. The van der Waals surface area contributed by atoms with E-state index < -0.39 is 0 Å². The first-order valence-electron chi connectivity index (χ1n) is 8.75. The molecule has 4 aromatic rings. The molecule has 0 atom stereocenters. The number of pyridine rings is 1. The van der Waals surface area contributed by atoms with Gasteiger partial charge in [0.2, 0.25) is 5.82 Å². The van der Waals surface area contributed by atoms with Crippen LogP contribution in [0.5, 0.6) is 0 Å². The van der Waals surface area contributed by atoms with Gasteiger partial charge in [-0.05, 0) is 46.7 Å². The molecule has 1 N–H and O–H groups in total. The average molecular weight is 409 g/mol. The molecule has 29 heavy (non-hydrogen) atoms. The van der Waals surface area contributed by atoms with Crippen LogP contribution in [0.1, 0.15) is 26.5 Å². The van der Waals surface area contributed by atoms with Gasteiger partial charge in [-0.2, -0.15) is 0 Å². The normalized spacial score (nSPS) is 10.8. The number of aryl methyl sites for hydroxylation is 1. The summed E-state index contributed by atoms with van der Waals surface area (Å²) in [5, 5.41) is 15.2. The number of hydrogen-bond donors (Lipinski definition) is 1. The molecule has 0 aliphatic heterocycles. The number of amides is 1. The number of nitrogens with one attached hydrogen (secondary N) is 1. The third-order valence-electron chi connectivity index (χ3n) is 4.15. The summed E-state index contributed by atoms with van der Waals surface area (Å²) in [5.74, 6) is -0.0652. The second-order valence-corrected chi connectivity index (χ2v) is 7.26. The van der Waals surface area contributed by atoms with Crippen LogP contribution in [-0.2, 0) is 13.1 Å². The van der Waals surface area contributed by atoms with Gasteiger partial charge in [-0.25, -0.2) is 14.1 Å². The molecule has 4 rings (SSSR count). The number of aromatic nitrogens is 6. The summed E-state index contributed by atoms with van der Waals surface area (Å²) in [7, 11) is 0. The number of hydrogen-bond acceptors (Lipinski definition) is 7. The molecule has 0 unspecified atom stereocenters. The van der Waals surface area contributed by atoms with Gasteiger partial charge in [-0.3, -0.25) is 9.78 Å². The largest absolute Gasteiger partial charge is 0.347 e. The first-order chi connectivity index (χ1) is 14.1. The third-order valence-corrected chi connectivity index (χ3v) is 5.30. The van der Waals surface area contributed by atoms with E-state index in [0.29, 0.717) is 34.5 Å². The highest BCUT2D eigenvalue weighted by atomic mass is 32.1. The average Bonchev–Trinajstić information content (AvgIpc) is 3.35. The summed E-state index contributed by atoms with van der Waals surface area (Å²) >= 11 is 1.23. The molecule has 10 heteroatoms. The van der Waals surface area contributed by atoms with Crippen molar-refractivity contribution in [2.45, 2.75) is 20.0 Å². The highest BCUT2D eigenvalue weighted by molar-refractivity contribution is 7.17. The van der Waals surface area contributed by atoms with Crippen LogP contribution in [-0.4, -0.2) is 36.1 Å². The van der Waals surface area contributed by atoms with Crippen molar-refractivity contribution < 1.29 is 9.18 Å². The van der Waals surface area contributed by atoms with Crippen molar-refractivity contribution in [3.63, 3.8) is 0 Å². The summed E-state index contributed by atoms with van der Waals surface area (Å²) in [5.41, 5.74) is 2.36. The molecular weight excluding hydrogens is 393 g/mol. The minimum atomic E-state index is -0.303. The maximum Gasteiger partial charge on any atom is 0.263 e. The van der Waals surface area contributed by atoms with Crippen LogP contribution in [0.4, 0.5) is 4.39 Å². The van der Waals surface area contributed by atoms with E-state index in [1.807, 2.05) is 12.1 Å². The van der Waals surface area contributed by atoms with Gasteiger partial charge in [0.25, 0.3) is 5.91 Å². The fourth-order valence-electron chi connectivity index (χ4n) is 2.70. The fraction of sp³-hybridized carbons (Fsp3) is 0.158. The number of benzene rings is 1. The van der Waals surface area contributed by atoms with E-state index >= 15 is 0 Å². The Balaban J connectivity index is 1.51. The minimum Gasteiger partial charge on any atom is -0.347 e. The van der Waals surface area contributed by atoms with Crippen molar-refractivity contribution in [2.24, 2.45) is 0 Å². The zero-order valence-electron chi connectivity index (χ0n) is 15.4. The molecule has 3 heterocycles. The number of tetrazole rings is 1. The van der Waals surface area contributed by atoms with Crippen LogP contribution < -0.4 is 5.32 Å². The van der Waals surface area contributed by atoms with Crippen molar-refractivity contribution >= 4 is 17.2 Å². The Labute approximate surface area is 169 Å². The van der Waals surface area contributed by atoms with Crippen LogP contribution in [0.25, 0.3) is 10.8 Å². The molecule has 8 nitrogen and oxygen atoms in total. The molecular formula is C19H16FN7OS. The Kier molecular flexibility index (Phi) is 5.34. The minimum absolute atomic E-state index is 0.215. The van der Waals surface area contributed by atoms with Gasteiger partial charge >= 0.3 is 0 Å². The van der Waals surface area contributed by atoms with Crippen LogP contribution in [0.15, 0.2) is 48.8 Å². The Hall–Kier alpha value is -3.53. The van der Waals surface area contributed by atoms with E-state index in [-0.39, 0.29) is 11.7 Å².